The maximum Gasteiger partial charge on any atom is 0.495 e. The van der Waals surface area contributed by atoms with Gasteiger partial charge in [-0.2, -0.15) is 0 Å². The van der Waals surface area contributed by atoms with Crippen LogP contribution < -0.4 is 5.46 Å². The van der Waals surface area contributed by atoms with Crippen molar-refractivity contribution >= 4 is 18.5 Å². The van der Waals surface area contributed by atoms with E-state index >= 15 is 0 Å². The van der Waals surface area contributed by atoms with Crippen molar-refractivity contribution in [1.29, 1.82) is 0 Å². The highest BCUT2D eigenvalue weighted by Crippen LogP contribution is 2.37. The van der Waals surface area contributed by atoms with Crippen molar-refractivity contribution in [2.45, 2.75) is 57.8 Å². The van der Waals surface area contributed by atoms with Crippen LogP contribution >= 0.6 is 0 Å². The van der Waals surface area contributed by atoms with Gasteiger partial charge in [-0.1, -0.05) is 23.8 Å². The Balaban J connectivity index is 1.99. The first-order valence-corrected chi connectivity index (χ1v) is 8.42. The molecule has 2 heterocycles. The molecule has 2 aliphatic heterocycles. The van der Waals surface area contributed by atoms with Crippen LogP contribution in [0.5, 0.6) is 0 Å². The topological polar surface area (TPSA) is 59.0 Å². The molecule has 0 spiro atoms. The fourth-order valence-electron chi connectivity index (χ4n) is 3.24. The van der Waals surface area contributed by atoms with Crippen LogP contribution in [0.15, 0.2) is 18.2 Å². The molecule has 5 nitrogen and oxygen atoms in total. The average molecular weight is 331 g/mol. The van der Waals surface area contributed by atoms with Gasteiger partial charge >= 0.3 is 7.12 Å². The molecule has 2 aliphatic rings. The van der Waals surface area contributed by atoms with Crippen LogP contribution in [0.4, 0.5) is 0 Å². The van der Waals surface area contributed by atoms with Crippen LogP contribution in [-0.2, 0) is 19.7 Å². The van der Waals surface area contributed by atoms with Gasteiger partial charge in [-0.05, 0) is 45.6 Å². The van der Waals surface area contributed by atoms with E-state index in [-0.39, 0.29) is 5.91 Å². The molecule has 130 valence electrons. The number of carbonyl (C=O) groups is 1. The lowest BCUT2D eigenvalue weighted by atomic mass is 9.74. The highest BCUT2D eigenvalue weighted by atomic mass is 16.7. The number of rotatable bonds is 2. The van der Waals surface area contributed by atoms with Crippen molar-refractivity contribution in [3.05, 3.63) is 29.3 Å². The zero-order valence-electron chi connectivity index (χ0n) is 15.3. The summed E-state index contributed by atoms with van der Waals surface area (Å²) in [5, 5.41) is 10.9. The van der Waals surface area contributed by atoms with Crippen LogP contribution in [0.1, 0.15) is 45.2 Å². The summed E-state index contributed by atoms with van der Waals surface area (Å²) < 4.78 is 12.3. The van der Waals surface area contributed by atoms with Gasteiger partial charge in [0.25, 0.3) is 5.91 Å². The van der Waals surface area contributed by atoms with Crippen molar-refractivity contribution in [2.75, 3.05) is 13.6 Å². The molecule has 0 saturated carbocycles. The van der Waals surface area contributed by atoms with Gasteiger partial charge in [0.1, 0.15) is 0 Å². The molecule has 1 aromatic rings. The number of benzene rings is 1. The van der Waals surface area contributed by atoms with Gasteiger partial charge in [0.15, 0.2) is 5.60 Å². The van der Waals surface area contributed by atoms with E-state index in [0.717, 1.165) is 11.0 Å². The van der Waals surface area contributed by atoms with E-state index in [1.54, 1.807) is 11.9 Å². The van der Waals surface area contributed by atoms with Crippen molar-refractivity contribution < 1.29 is 19.2 Å². The molecular weight excluding hydrogens is 305 g/mol. The average Bonchev–Trinajstić information content (AvgIpc) is 2.87. The second kappa shape index (κ2) is 5.31. The highest BCUT2D eigenvalue weighted by molar-refractivity contribution is 6.62. The number of nitrogens with zero attached hydrogens (tertiary/aromatic N) is 1. The second-order valence-corrected chi connectivity index (χ2v) is 8.00. The minimum absolute atomic E-state index is 0.258. The number of carbonyl (C=O) groups excluding carboxylic acids is 1. The lowest BCUT2D eigenvalue weighted by Gasteiger charge is -2.32. The van der Waals surface area contributed by atoms with E-state index in [2.05, 4.69) is 0 Å². The van der Waals surface area contributed by atoms with Gasteiger partial charge in [0, 0.05) is 20.0 Å². The third-order valence-corrected chi connectivity index (χ3v) is 5.77. The van der Waals surface area contributed by atoms with Gasteiger partial charge in [0.2, 0.25) is 0 Å². The van der Waals surface area contributed by atoms with Gasteiger partial charge in [0.05, 0.1) is 11.2 Å². The number of likely N-dealkylation sites (tertiary alicyclic amines) is 1. The van der Waals surface area contributed by atoms with Crippen LogP contribution in [0.25, 0.3) is 0 Å². The number of amides is 1. The smallest absolute Gasteiger partial charge is 0.399 e. The molecule has 1 aromatic carbocycles. The predicted molar refractivity (Wildman–Crippen MR) is 93.0 cm³/mol. The maximum absolute atomic E-state index is 12.4. The van der Waals surface area contributed by atoms with E-state index in [9.17, 15) is 9.90 Å². The quantitative estimate of drug-likeness (QED) is 0.831. The molecular formula is C18H26BNO4. The first-order chi connectivity index (χ1) is 11.0. The molecule has 0 aliphatic carbocycles. The van der Waals surface area contributed by atoms with Crippen molar-refractivity contribution in [3.63, 3.8) is 0 Å². The van der Waals surface area contributed by atoms with Gasteiger partial charge in [-0.15, -0.1) is 0 Å². The fourth-order valence-corrected chi connectivity index (χ4v) is 3.24. The molecule has 1 atom stereocenters. The van der Waals surface area contributed by atoms with E-state index in [1.807, 2.05) is 52.8 Å². The minimum atomic E-state index is -1.46. The van der Waals surface area contributed by atoms with Crippen LogP contribution in [0.2, 0.25) is 0 Å². The van der Waals surface area contributed by atoms with Crippen LogP contribution in [0.3, 0.4) is 0 Å². The van der Waals surface area contributed by atoms with E-state index in [0.29, 0.717) is 18.5 Å². The monoisotopic (exact) mass is 331 g/mol. The molecule has 0 bridgehead atoms. The van der Waals surface area contributed by atoms with Crippen LogP contribution in [0, 0.1) is 6.92 Å². The van der Waals surface area contributed by atoms with E-state index in [4.69, 9.17) is 9.31 Å². The Morgan fingerprint density at radius 3 is 2.25 bits per heavy atom. The SMILES string of the molecule is Cc1ccc([C@@]2(O)CCN(C)C2=O)cc1B1OC(C)(C)C(C)(C)O1. The molecule has 2 fully saturated rings. The normalized spacial score (nSPS) is 28.7. The third-order valence-electron chi connectivity index (χ3n) is 5.77. The van der Waals surface area contributed by atoms with Crippen molar-refractivity contribution in [2.24, 2.45) is 0 Å². The molecule has 1 amide bonds. The molecule has 3 rings (SSSR count). The number of likely N-dealkylation sites (N-methyl/N-ethyl adjacent to an activating group) is 1. The Morgan fingerprint density at radius 2 is 1.75 bits per heavy atom. The Bertz CT molecular complexity index is 672. The molecule has 6 heteroatoms. The fraction of sp³-hybridized carbons (Fsp3) is 0.611. The molecule has 0 radical (unpaired) electrons. The summed E-state index contributed by atoms with van der Waals surface area (Å²) in [6, 6.07) is 5.59. The minimum Gasteiger partial charge on any atom is -0.399 e. The molecule has 0 aromatic heterocycles. The Hall–Kier alpha value is -1.37. The summed E-state index contributed by atoms with van der Waals surface area (Å²) in [6.45, 7) is 10.6. The number of aryl methyl sites for hydroxylation is 1. The standard InChI is InChI=1S/C18H26BNO4/c1-12-7-8-13(18(22)9-10-20(6)15(18)21)11-14(12)19-23-16(2,3)17(4,5)24-19/h7-8,11,22H,9-10H2,1-6H3/t18-/m0/s1. The van der Waals surface area contributed by atoms with Gasteiger partial charge in [-0.3, -0.25) is 4.79 Å². The van der Waals surface area contributed by atoms with Crippen molar-refractivity contribution in [1.82, 2.24) is 4.90 Å². The Kier molecular flexibility index (Phi) is 3.87. The second-order valence-electron chi connectivity index (χ2n) is 8.00. The van der Waals surface area contributed by atoms with E-state index < -0.39 is 23.9 Å². The first kappa shape index (κ1) is 17.5. The first-order valence-electron chi connectivity index (χ1n) is 8.42. The zero-order valence-corrected chi connectivity index (χ0v) is 15.3. The molecule has 2 saturated heterocycles. The predicted octanol–water partition coefficient (Wildman–Crippen LogP) is 1.34. The highest BCUT2D eigenvalue weighted by Gasteiger charge is 2.52. The number of aliphatic hydroxyl groups is 1. The molecule has 24 heavy (non-hydrogen) atoms. The Morgan fingerprint density at radius 1 is 1.17 bits per heavy atom. The lowest BCUT2D eigenvalue weighted by Crippen LogP contribution is -2.41. The number of hydrogen-bond acceptors (Lipinski definition) is 4. The maximum atomic E-state index is 12.4. The summed E-state index contributed by atoms with van der Waals surface area (Å²) in [4.78, 5) is 13.9. The van der Waals surface area contributed by atoms with Gasteiger partial charge < -0.3 is 19.3 Å². The largest absolute Gasteiger partial charge is 0.495 e. The summed E-state index contributed by atoms with van der Waals surface area (Å²) >= 11 is 0. The Labute approximate surface area is 144 Å². The van der Waals surface area contributed by atoms with Crippen LogP contribution in [-0.4, -0.2) is 47.8 Å². The van der Waals surface area contributed by atoms with Gasteiger partial charge in [-0.25, -0.2) is 0 Å². The summed E-state index contributed by atoms with van der Waals surface area (Å²) in [5.41, 5.74) is 0.163. The van der Waals surface area contributed by atoms with Crippen molar-refractivity contribution in [3.8, 4) is 0 Å². The summed E-state index contributed by atoms with van der Waals surface area (Å²) in [7, 11) is 1.21. The molecule has 0 unspecified atom stereocenters. The summed E-state index contributed by atoms with van der Waals surface area (Å²) in [5.74, 6) is -0.258. The third kappa shape index (κ3) is 2.48. The molecule has 1 N–H and O–H groups in total. The number of hydrogen-bond donors (Lipinski definition) is 1. The lowest BCUT2D eigenvalue weighted by molar-refractivity contribution is -0.143. The van der Waals surface area contributed by atoms with E-state index in [1.165, 1.54) is 0 Å². The summed E-state index contributed by atoms with van der Waals surface area (Å²) in [6.07, 6.45) is 0.397. The zero-order chi connectivity index (χ0) is 17.9.